The number of aryl methyl sites for hydroxylation is 1. The highest BCUT2D eigenvalue weighted by atomic mass is 35.5. The molecule has 0 heterocycles. The molecule has 0 atom stereocenters. The number of carbonyl (C=O) groups is 2. The van der Waals surface area contributed by atoms with Gasteiger partial charge in [-0.2, -0.15) is 5.10 Å². The number of anilines is 2. The van der Waals surface area contributed by atoms with E-state index in [1.807, 2.05) is 44.2 Å². The Morgan fingerprint density at radius 1 is 1.12 bits per heavy atom. The van der Waals surface area contributed by atoms with E-state index in [9.17, 15) is 9.59 Å². The zero-order valence-corrected chi connectivity index (χ0v) is 15.4. The number of hydrogen-bond acceptors (Lipinski definition) is 4. The number of nitrogens with zero attached hydrogens (tertiary/aromatic N) is 1. The molecular weight excluding hydrogens is 352 g/mol. The fraction of sp³-hybridized carbons (Fsp3) is 0.211. The van der Waals surface area contributed by atoms with Crippen molar-refractivity contribution in [3.8, 4) is 0 Å². The number of hydrogen-bond donors (Lipinski definition) is 3. The molecule has 3 N–H and O–H groups in total. The molecule has 0 aliphatic carbocycles. The van der Waals surface area contributed by atoms with Crippen molar-refractivity contribution in [2.45, 2.75) is 20.3 Å². The van der Waals surface area contributed by atoms with E-state index in [4.69, 9.17) is 11.6 Å². The Morgan fingerprint density at radius 2 is 1.85 bits per heavy atom. The van der Waals surface area contributed by atoms with Crippen LogP contribution in [0.4, 0.5) is 11.4 Å². The maximum absolute atomic E-state index is 11.6. The summed E-state index contributed by atoms with van der Waals surface area (Å²) in [5.74, 6) is -1.53. The zero-order valence-electron chi connectivity index (χ0n) is 14.7. The summed E-state index contributed by atoms with van der Waals surface area (Å²) in [5, 5.41) is 10.1. The van der Waals surface area contributed by atoms with E-state index in [-0.39, 0.29) is 0 Å². The molecule has 0 fully saturated rings. The fourth-order valence-electron chi connectivity index (χ4n) is 2.08. The number of rotatable bonds is 6. The molecule has 0 aliphatic rings. The third-order valence-electron chi connectivity index (χ3n) is 3.46. The molecule has 136 valence electrons. The highest BCUT2D eigenvalue weighted by Gasteiger charge is 2.11. The maximum atomic E-state index is 11.6. The maximum Gasteiger partial charge on any atom is 0.329 e. The third-order valence-corrected chi connectivity index (χ3v) is 3.69. The van der Waals surface area contributed by atoms with Crippen LogP contribution in [0.5, 0.6) is 0 Å². The van der Waals surface area contributed by atoms with Crippen molar-refractivity contribution in [3.63, 3.8) is 0 Å². The number of amides is 2. The molecule has 6 nitrogen and oxygen atoms in total. The van der Waals surface area contributed by atoms with Crippen LogP contribution in [-0.2, 0) is 9.59 Å². The van der Waals surface area contributed by atoms with E-state index in [1.165, 1.54) is 6.21 Å². The molecule has 0 saturated carbocycles. The van der Waals surface area contributed by atoms with E-state index >= 15 is 0 Å². The van der Waals surface area contributed by atoms with Gasteiger partial charge < -0.3 is 10.6 Å². The van der Waals surface area contributed by atoms with Crippen molar-refractivity contribution in [1.82, 2.24) is 10.7 Å². The van der Waals surface area contributed by atoms with Crippen LogP contribution in [0, 0.1) is 6.92 Å². The average molecular weight is 373 g/mol. The molecule has 7 heteroatoms. The second-order valence-corrected chi connectivity index (χ2v) is 6.11. The summed E-state index contributed by atoms with van der Waals surface area (Å²) in [7, 11) is 0. The number of hydrazone groups is 1. The van der Waals surface area contributed by atoms with Gasteiger partial charge in [0, 0.05) is 28.5 Å². The SMILES string of the molecule is CCCNC(=O)C(=O)N/N=C\c1cc(Cl)ccc1Nc1ccc(C)cc1. The Kier molecular flexibility index (Phi) is 7.17. The van der Waals surface area contributed by atoms with Crippen molar-refractivity contribution in [3.05, 3.63) is 58.6 Å². The van der Waals surface area contributed by atoms with Crippen LogP contribution in [0.1, 0.15) is 24.5 Å². The molecule has 0 unspecified atom stereocenters. The minimum atomic E-state index is -0.815. The van der Waals surface area contributed by atoms with E-state index in [1.54, 1.807) is 12.1 Å². The lowest BCUT2D eigenvalue weighted by atomic mass is 10.1. The molecule has 2 amide bonds. The quantitative estimate of drug-likeness (QED) is 0.413. The van der Waals surface area contributed by atoms with Crippen molar-refractivity contribution in [1.29, 1.82) is 0 Å². The van der Waals surface area contributed by atoms with Crippen LogP contribution >= 0.6 is 11.6 Å². The number of nitrogens with one attached hydrogen (secondary N) is 3. The van der Waals surface area contributed by atoms with Gasteiger partial charge in [0.2, 0.25) is 0 Å². The highest BCUT2D eigenvalue weighted by molar-refractivity contribution is 6.35. The lowest BCUT2D eigenvalue weighted by Crippen LogP contribution is -2.38. The molecular formula is C19H21ClN4O2. The van der Waals surface area contributed by atoms with E-state index in [0.717, 1.165) is 23.4 Å². The first-order valence-electron chi connectivity index (χ1n) is 8.24. The van der Waals surface area contributed by atoms with Crippen LogP contribution in [0.15, 0.2) is 47.6 Å². The van der Waals surface area contributed by atoms with Gasteiger partial charge in [0.15, 0.2) is 0 Å². The first kappa shape index (κ1) is 19.5. The minimum absolute atomic E-state index is 0.439. The predicted octanol–water partition coefficient (Wildman–Crippen LogP) is 3.37. The Labute approximate surface area is 157 Å². The van der Waals surface area contributed by atoms with Gasteiger partial charge in [-0.25, -0.2) is 5.43 Å². The number of halogens is 1. The van der Waals surface area contributed by atoms with E-state index in [2.05, 4.69) is 21.2 Å². The second kappa shape index (κ2) is 9.58. The van der Waals surface area contributed by atoms with Crippen LogP contribution < -0.4 is 16.1 Å². The summed E-state index contributed by atoms with van der Waals surface area (Å²) in [6, 6.07) is 13.2. The topological polar surface area (TPSA) is 82.6 Å². The van der Waals surface area contributed by atoms with Gasteiger partial charge in [-0.1, -0.05) is 36.2 Å². The standard InChI is InChI=1S/C19H21ClN4O2/c1-3-10-21-18(25)19(26)24-22-12-14-11-15(20)6-9-17(14)23-16-7-4-13(2)5-8-16/h4-9,11-12,23H,3,10H2,1-2H3,(H,21,25)(H,24,26)/b22-12-. The van der Waals surface area contributed by atoms with Gasteiger partial charge in [0.1, 0.15) is 0 Å². The van der Waals surface area contributed by atoms with Gasteiger partial charge in [-0.15, -0.1) is 0 Å². The molecule has 2 aromatic rings. The third kappa shape index (κ3) is 5.89. The van der Waals surface area contributed by atoms with Gasteiger partial charge in [0.05, 0.1) is 6.21 Å². The smallest absolute Gasteiger partial charge is 0.329 e. The van der Waals surface area contributed by atoms with Gasteiger partial charge in [-0.3, -0.25) is 9.59 Å². The Balaban J connectivity index is 2.08. The van der Waals surface area contributed by atoms with Crippen molar-refractivity contribution in [2.75, 3.05) is 11.9 Å². The van der Waals surface area contributed by atoms with Crippen LogP contribution in [0.25, 0.3) is 0 Å². The summed E-state index contributed by atoms with van der Waals surface area (Å²) in [5.41, 5.74) is 5.73. The van der Waals surface area contributed by atoms with Gasteiger partial charge >= 0.3 is 11.8 Å². The molecule has 0 aromatic heterocycles. The van der Waals surface area contributed by atoms with Crippen molar-refractivity contribution < 1.29 is 9.59 Å². The highest BCUT2D eigenvalue weighted by Crippen LogP contribution is 2.23. The molecule has 0 bridgehead atoms. The predicted molar refractivity (Wildman–Crippen MR) is 105 cm³/mol. The molecule has 0 saturated heterocycles. The van der Waals surface area contributed by atoms with Gasteiger partial charge in [0.25, 0.3) is 0 Å². The number of carbonyl (C=O) groups excluding carboxylic acids is 2. The summed E-state index contributed by atoms with van der Waals surface area (Å²) < 4.78 is 0. The van der Waals surface area contributed by atoms with Crippen LogP contribution in [-0.4, -0.2) is 24.6 Å². The molecule has 2 aromatic carbocycles. The van der Waals surface area contributed by atoms with Crippen LogP contribution in [0.2, 0.25) is 5.02 Å². The summed E-state index contributed by atoms with van der Waals surface area (Å²) in [4.78, 5) is 23.1. The first-order valence-corrected chi connectivity index (χ1v) is 8.62. The van der Waals surface area contributed by atoms with Gasteiger partial charge in [-0.05, 0) is 43.7 Å². The fourth-order valence-corrected chi connectivity index (χ4v) is 2.26. The largest absolute Gasteiger partial charge is 0.355 e. The summed E-state index contributed by atoms with van der Waals surface area (Å²) in [6.07, 6.45) is 2.19. The van der Waals surface area contributed by atoms with Crippen molar-refractivity contribution >= 4 is 41.0 Å². The molecule has 0 radical (unpaired) electrons. The second-order valence-electron chi connectivity index (χ2n) is 5.68. The van der Waals surface area contributed by atoms with E-state index < -0.39 is 11.8 Å². The Hall–Kier alpha value is -2.86. The van der Waals surface area contributed by atoms with E-state index in [0.29, 0.717) is 17.1 Å². The average Bonchev–Trinajstić information content (AvgIpc) is 2.63. The molecule has 0 aliphatic heterocycles. The Morgan fingerprint density at radius 3 is 2.54 bits per heavy atom. The monoisotopic (exact) mass is 372 g/mol. The number of benzene rings is 2. The summed E-state index contributed by atoms with van der Waals surface area (Å²) >= 11 is 6.05. The lowest BCUT2D eigenvalue weighted by molar-refractivity contribution is -0.139. The summed E-state index contributed by atoms with van der Waals surface area (Å²) in [6.45, 7) is 4.36. The molecule has 2 rings (SSSR count). The Bertz CT molecular complexity index is 804. The molecule has 0 spiro atoms. The minimum Gasteiger partial charge on any atom is -0.355 e. The normalized spacial score (nSPS) is 10.6. The van der Waals surface area contributed by atoms with Crippen LogP contribution in [0.3, 0.4) is 0 Å². The molecule has 26 heavy (non-hydrogen) atoms. The lowest BCUT2D eigenvalue weighted by Gasteiger charge is -2.10. The zero-order chi connectivity index (χ0) is 18.9. The van der Waals surface area contributed by atoms with Crippen molar-refractivity contribution in [2.24, 2.45) is 5.10 Å². The first-order chi connectivity index (χ1) is 12.5.